The number of nitrogens with zero attached hydrogens (tertiary/aromatic N) is 1. The molecule has 0 aliphatic carbocycles. The first-order valence-corrected chi connectivity index (χ1v) is 4.35. The van der Waals surface area contributed by atoms with Crippen molar-refractivity contribution < 1.29 is 18.0 Å². The number of amides is 1. The summed E-state index contributed by atoms with van der Waals surface area (Å²) in [6.45, 7) is 4.57. The second kappa shape index (κ2) is 4.16. The molecule has 1 N–H and O–H groups in total. The number of carbonyl (C=O) groups is 1. The molecule has 0 spiro atoms. The fourth-order valence-corrected chi connectivity index (χ4v) is 1.37. The minimum atomic E-state index is -4.81. The third-order valence-electron chi connectivity index (χ3n) is 2.04. The van der Waals surface area contributed by atoms with Crippen LogP contribution in [0.15, 0.2) is 0 Å². The predicted molar refractivity (Wildman–Crippen MR) is 43.9 cm³/mol. The molecule has 6 heteroatoms. The van der Waals surface area contributed by atoms with Crippen LogP contribution in [0.4, 0.5) is 13.2 Å². The number of hydrogen-bond donors (Lipinski definition) is 1. The van der Waals surface area contributed by atoms with Gasteiger partial charge in [-0.25, -0.2) is 5.01 Å². The van der Waals surface area contributed by atoms with E-state index >= 15 is 0 Å². The lowest BCUT2D eigenvalue weighted by Crippen LogP contribution is -2.51. The Morgan fingerprint density at radius 3 is 2.64 bits per heavy atom. The second-order valence-electron chi connectivity index (χ2n) is 3.39. The summed E-state index contributed by atoms with van der Waals surface area (Å²) in [5.74, 6) is -1.83. The van der Waals surface area contributed by atoms with Crippen molar-refractivity contribution in [2.45, 2.75) is 19.0 Å². The van der Waals surface area contributed by atoms with Crippen molar-refractivity contribution in [2.24, 2.45) is 5.92 Å². The highest BCUT2D eigenvalue weighted by atomic mass is 19.4. The van der Waals surface area contributed by atoms with Gasteiger partial charge in [-0.1, -0.05) is 0 Å². The highest BCUT2D eigenvalue weighted by Crippen LogP contribution is 2.17. The third-order valence-corrected chi connectivity index (χ3v) is 2.04. The van der Waals surface area contributed by atoms with Gasteiger partial charge in [-0.2, -0.15) is 13.2 Å². The van der Waals surface area contributed by atoms with Gasteiger partial charge in [0.25, 0.3) is 0 Å². The molecule has 1 heterocycles. The molecule has 0 saturated carbocycles. The van der Waals surface area contributed by atoms with Crippen molar-refractivity contribution >= 4 is 5.91 Å². The molecule has 0 aromatic rings. The van der Waals surface area contributed by atoms with Crippen molar-refractivity contribution in [3.63, 3.8) is 0 Å². The normalized spacial score (nSPS) is 24.7. The number of hydrazine groups is 1. The number of halogens is 3. The maximum absolute atomic E-state index is 11.8. The zero-order valence-corrected chi connectivity index (χ0v) is 7.60. The molecule has 3 nitrogen and oxygen atoms in total. The minimum absolute atomic E-state index is 0.0808. The van der Waals surface area contributed by atoms with Gasteiger partial charge in [0.15, 0.2) is 0 Å². The molecular formula is C8H12F3N2O. The summed E-state index contributed by atoms with van der Waals surface area (Å²) in [7, 11) is 0. The third kappa shape index (κ3) is 3.17. The number of nitrogens with one attached hydrogen (secondary N) is 1. The van der Waals surface area contributed by atoms with E-state index in [2.05, 4.69) is 6.92 Å². The standard InChI is InChI=1S/C8H12F3N2O/c1-6-3-2-4-13(5-6)12-7(14)8(9,10)11/h6H,1-5H2,(H,12,14). The molecular weight excluding hydrogens is 197 g/mol. The summed E-state index contributed by atoms with van der Waals surface area (Å²) in [6, 6.07) is 0. The average molecular weight is 209 g/mol. The Labute approximate surface area is 80.2 Å². The highest BCUT2D eigenvalue weighted by molar-refractivity contribution is 5.81. The molecule has 1 aliphatic heterocycles. The molecule has 0 aromatic carbocycles. The molecule has 1 aliphatic rings. The van der Waals surface area contributed by atoms with Crippen molar-refractivity contribution in [2.75, 3.05) is 13.1 Å². The van der Waals surface area contributed by atoms with Crippen LogP contribution in [0, 0.1) is 12.8 Å². The van der Waals surface area contributed by atoms with Crippen molar-refractivity contribution in [1.82, 2.24) is 10.4 Å². The van der Waals surface area contributed by atoms with E-state index < -0.39 is 12.1 Å². The van der Waals surface area contributed by atoms with E-state index in [1.54, 1.807) is 0 Å². The summed E-state index contributed by atoms with van der Waals surface area (Å²) in [4.78, 5) is 10.5. The number of piperidine rings is 1. The van der Waals surface area contributed by atoms with Crippen molar-refractivity contribution in [1.29, 1.82) is 0 Å². The number of rotatable bonds is 1. The van der Waals surface area contributed by atoms with Crippen molar-refractivity contribution in [3.05, 3.63) is 6.92 Å². The number of hydrogen-bond acceptors (Lipinski definition) is 2. The van der Waals surface area contributed by atoms with Gasteiger partial charge in [0.05, 0.1) is 0 Å². The van der Waals surface area contributed by atoms with Gasteiger partial charge in [0.2, 0.25) is 0 Å². The summed E-state index contributed by atoms with van der Waals surface area (Å²) in [6.07, 6.45) is -3.17. The van der Waals surface area contributed by atoms with E-state index in [-0.39, 0.29) is 5.92 Å². The van der Waals surface area contributed by atoms with Crippen LogP contribution in [0.1, 0.15) is 12.8 Å². The SMILES string of the molecule is [CH2]C1CCCN(NC(=O)C(F)(F)F)C1. The zero-order chi connectivity index (χ0) is 10.8. The number of alkyl halides is 3. The first-order chi connectivity index (χ1) is 6.39. The van der Waals surface area contributed by atoms with E-state index in [9.17, 15) is 18.0 Å². The fourth-order valence-electron chi connectivity index (χ4n) is 1.37. The molecule has 1 unspecified atom stereocenters. The van der Waals surface area contributed by atoms with Crippen LogP contribution in [0.2, 0.25) is 0 Å². The summed E-state index contributed by atoms with van der Waals surface area (Å²) in [5, 5.41) is 1.27. The van der Waals surface area contributed by atoms with Crippen LogP contribution < -0.4 is 5.43 Å². The molecule has 1 rings (SSSR count). The van der Waals surface area contributed by atoms with E-state index in [1.165, 1.54) is 5.01 Å². The zero-order valence-electron chi connectivity index (χ0n) is 7.60. The van der Waals surface area contributed by atoms with Crippen LogP contribution in [-0.4, -0.2) is 30.2 Å². The maximum atomic E-state index is 11.8. The Morgan fingerprint density at radius 1 is 1.50 bits per heavy atom. The van der Waals surface area contributed by atoms with Gasteiger partial charge in [-0.05, 0) is 25.7 Å². The van der Waals surface area contributed by atoms with Crippen LogP contribution in [0.25, 0.3) is 0 Å². The van der Waals surface area contributed by atoms with Crippen LogP contribution >= 0.6 is 0 Å². The second-order valence-corrected chi connectivity index (χ2v) is 3.39. The van der Waals surface area contributed by atoms with E-state index in [4.69, 9.17) is 0 Å². The molecule has 0 aromatic heterocycles. The van der Waals surface area contributed by atoms with E-state index in [0.29, 0.717) is 13.1 Å². The Bertz CT molecular complexity index is 217. The lowest BCUT2D eigenvalue weighted by molar-refractivity contribution is -0.179. The smallest absolute Gasteiger partial charge is 0.281 e. The maximum Gasteiger partial charge on any atom is 0.472 e. The largest absolute Gasteiger partial charge is 0.472 e. The Balaban J connectivity index is 2.40. The monoisotopic (exact) mass is 209 g/mol. The summed E-state index contributed by atoms with van der Waals surface area (Å²) < 4.78 is 35.5. The topological polar surface area (TPSA) is 32.3 Å². The molecule has 1 saturated heterocycles. The van der Waals surface area contributed by atoms with Gasteiger partial charge in [-0.15, -0.1) is 0 Å². The fraction of sp³-hybridized carbons (Fsp3) is 0.750. The summed E-state index contributed by atoms with van der Waals surface area (Å²) >= 11 is 0. The van der Waals surface area contributed by atoms with Crippen LogP contribution in [0.3, 0.4) is 0 Å². The molecule has 0 bridgehead atoms. The summed E-state index contributed by atoms with van der Waals surface area (Å²) in [5.41, 5.74) is 1.82. The van der Waals surface area contributed by atoms with Gasteiger partial charge >= 0.3 is 12.1 Å². The number of carbonyl (C=O) groups excluding carboxylic acids is 1. The van der Waals surface area contributed by atoms with E-state index in [1.807, 2.05) is 5.43 Å². The van der Waals surface area contributed by atoms with Crippen LogP contribution in [-0.2, 0) is 4.79 Å². The lowest BCUT2D eigenvalue weighted by Gasteiger charge is -2.30. The molecule has 14 heavy (non-hydrogen) atoms. The quantitative estimate of drug-likeness (QED) is 0.702. The van der Waals surface area contributed by atoms with Gasteiger partial charge < -0.3 is 0 Å². The molecule has 1 atom stereocenters. The van der Waals surface area contributed by atoms with Crippen molar-refractivity contribution in [3.8, 4) is 0 Å². The molecule has 1 fully saturated rings. The average Bonchev–Trinajstić information content (AvgIpc) is 2.02. The molecule has 81 valence electrons. The lowest BCUT2D eigenvalue weighted by atomic mass is 10.0. The van der Waals surface area contributed by atoms with E-state index in [0.717, 1.165) is 12.8 Å². The van der Waals surface area contributed by atoms with Crippen LogP contribution in [0.5, 0.6) is 0 Å². The first kappa shape index (κ1) is 11.3. The minimum Gasteiger partial charge on any atom is -0.281 e. The molecule has 1 amide bonds. The first-order valence-electron chi connectivity index (χ1n) is 4.35. The Kier molecular flexibility index (Phi) is 3.36. The highest BCUT2D eigenvalue weighted by Gasteiger charge is 2.39. The molecule has 1 radical (unpaired) electrons. The van der Waals surface area contributed by atoms with Gasteiger partial charge in [-0.3, -0.25) is 10.2 Å². The Hall–Kier alpha value is -0.780. The van der Waals surface area contributed by atoms with Gasteiger partial charge in [0, 0.05) is 13.1 Å². The predicted octanol–water partition coefficient (Wildman–Crippen LogP) is 1.13. The Morgan fingerprint density at radius 2 is 2.14 bits per heavy atom. The van der Waals surface area contributed by atoms with Gasteiger partial charge in [0.1, 0.15) is 0 Å².